The zero-order chi connectivity index (χ0) is 22.3. The molecule has 0 bridgehead atoms. The predicted molar refractivity (Wildman–Crippen MR) is 127 cm³/mol. The summed E-state index contributed by atoms with van der Waals surface area (Å²) in [4.78, 5) is 22.8. The molecule has 0 radical (unpaired) electrons. The number of aromatic nitrogens is 4. The SMILES string of the molecule is CCCC(Cc1nc2c(=O)n(Cc3ccccc3)cnc2n1Cc1ccccc1)OCC. The number of ether oxygens (including phenoxy) is 1. The number of nitrogens with zero attached hydrogens (tertiary/aromatic N) is 4. The Morgan fingerprint density at radius 3 is 2.22 bits per heavy atom. The maximum absolute atomic E-state index is 13.3. The van der Waals surface area contributed by atoms with Crippen LogP contribution in [0.5, 0.6) is 0 Å². The standard InChI is InChI=1S/C26H30N4O2/c1-3-11-22(32-4-2)16-23-28-24-25(30(23)18-21-14-9-6-10-15-21)27-19-29(26(24)31)17-20-12-7-5-8-13-20/h5-10,12-15,19,22H,3-4,11,16-18H2,1-2H3. The van der Waals surface area contributed by atoms with E-state index in [1.54, 1.807) is 10.9 Å². The molecule has 0 saturated carbocycles. The fourth-order valence-corrected chi connectivity index (χ4v) is 4.06. The third-order valence-corrected chi connectivity index (χ3v) is 5.61. The lowest BCUT2D eigenvalue weighted by Crippen LogP contribution is -2.21. The minimum Gasteiger partial charge on any atom is -0.378 e. The Bertz CT molecular complexity index is 1190. The molecular weight excluding hydrogens is 400 g/mol. The summed E-state index contributed by atoms with van der Waals surface area (Å²) in [5.74, 6) is 0.845. The lowest BCUT2D eigenvalue weighted by Gasteiger charge is -2.17. The predicted octanol–water partition coefficient (Wildman–Crippen LogP) is 4.44. The van der Waals surface area contributed by atoms with Crippen LogP contribution in [0.4, 0.5) is 0 Å². The molecule has 2 aromatic carbocycles. The van der Waals surface area contributed by atoms with Crippen LogP contribution in [0.2, 0.25) is 0 Å². The average molecular weight is 431 g/mol. The summed E-state index contributed by atoms with van der Waals surface area (Å²) in [6.07, 6.45) is 4.35. The second-order valence-electron chi connectivity index (χ2n) is 8.01. The van der Waals surface area contributed by atoms with Crippen LogP contribution in [0, 0.1) is 0 Å². The van der Waals surface area contributed by atoms with Crippen LogP contribution in [0.1, 0.15) is 43.6 Å². The van der Waals surface area contributed by atoms with Gasteiger partial charge in [0, 0.05) is 13.0 Å². The molecule has 4 rings (SSSR count). The van der Waals surface area contributed by atoms with Crippen LogP contribution in [0.3, 0.4) is 0 Å². The molecular formula is C26H30N4O2. The summed E-state index contributed by atoms with van der Waals surface area (Å²) < 4.78 is 9.67. The Kier molecular flexibility index (Phi) is 7.12. The van der Waals surface area contributed by atoms with E-state index >= 15 is 0 Å². The highest BCUT2D eigenvalue weighted by atomic mass is 16.5. The van der Waals surface area contributed by atoms with E-state index in [4.69, 9.17) is 9.72 Å². The van der Waals surface area contributed by atoms with E-state index < -0.39 is 0 Å². The van der Waals surface area contributed by atoms with Crippen molar-refractivity contribution in [3.63, 3.8) is 0 Å². The Morgan fingerprint density at radius 2 is 1.59 bits per heavy atom. The van der Waals surface area contributed by atoms with Crippen LogP contribution >= 0.6 is 0 Å². The van der Waals surface area contributed by atoms with Gasteiger partial charge >= 0.3 is 0 Å². The van der Waals surface area contributed by atoms with Crippen molar-refractivity contribution >= 4 is 11.2 Å². The molecule has 0 fully saturated rings. The number of hydrogen-bond donors (Lipinski definition) is 0. The van der Waals surface area contributed by atoms with Gasteiger partial charge in [0.1, 0.15) is 12.2 Å². The van der Waals surface area contributed by atoms with E-state index in [9.17, 15) is 4.79 Å². The van der Waals surface area contributed by atoms with Crippen molar-refractivity contribution in [2.24, 2.45) is 0 Å². The van der Waals surface area contributed by atoms with Crippen LogP contribution in [0.15, 0.2) is 71.8 Å². The minimum absolute atomic E-state index is 0.0721. The summed E-state index contributed by atoms with van der Waals surface area (Å²) in [5.41, 5.74) is 3.13. The zero-order valence-corrected chi connectivity index (χ0v) is 18.8. The monoisotopic (exact) mass is 430 g/mol. The summed E-state index contributed by atoms with van der Waals surface area (Å²) in [6, 6.07) is 20.1. The second-order valence-corrected chi connectivity index (χ2v) is 8.01. The van der Waals surface area contributed by atoms with Gasteiger partial charge in [-0.25, -0.2) is 9.97 Å². The molecule has 0 aliphatic heterocycles. The van der Waals surface area contributed by atoms with E-state index in [0.29, 0.717) is 37.3 Å². The number of fused-ring (bicyclic) bond motifs is 1. The van der Waals surface area contributed by atoms with Crippen molar-refractivity contribution in [3.8, 4) is 0 Å². The van der Waals surface area contributed by atoms with Gasteiger partial charge in [0.05, 0.1) is 19.2 Å². The van der Waals surface area contributed by atoms with Crippen molar-refractivity contribution in [1.82, 2.24) is 19.1 Å². The second kappa shape index (κ2) is 10.4. The molecule has 0 aliphatic carbocycles. The van der Waals surface area contributed by atoms with Crippen molar-refractivity contribution in [1.29, 1.82) is 0 Å². The van der Waals surface area contributed by atoms with Gasteiger partial charge in [-0.15, -0.1) is 0 Å². The van der Waals surface area contributed by atoms with Gasteiger partial charge in [-0.1, -0.05) is 74.0 Å². The Hall–Kier alpha value is -3.25. The molecule has 2 aromatic heterocycles. The topological polar surface area (TPSA) is 61.9 Å². The highest BCUT2D eigenvalue weighted by molar-refractivity contribution is 5.70. The molecule has 0 amide bonds. The van der Waals surface area contributed by atoms with Gasteiger partial charge in [0.25, 0.3) is 5.56 Å². The molecule has 6 nitrogen and oxygen atoms in total. The number of imidazole rings is 1. The van der Waals surface area contributed by atoms with Gasteiger partial charge < -0.3 is 9.30 Å². The summed E-state index contributed by atoms with van der Waals surface area (Å²) in [7, 11) is 0. The van der Waals surface area contributed by atoms with E-state index in [0.717, 1.165) is 29.8 Å². The Morgan fingerprint density at radius 1 is 0.938 bits per heavy atom. The lowest BCUT2D eigenvalue weighted by molar-refractivity contribution is 0.0548. The summed E-state index contributed by atoms with van der Waals surface area (Å²) in [6.45, 7) is 5.92. The van der Waals surface area contributed by atoms with Gasteiger partial charge in [-0.2, -0.15) is 0 Å². The van der Waals surface area contributed by atoms with Crippen molar-refractivity contribution in [2.75, 3.05) is 6.61 Å². The van der Waals surface area contributed by atoms with E-state index in [1.165, 1.54) is 0 Å². The molecule has 166 valence electrons. The third-order valence-electron chi connectivity index (χ3n) is 5.61. The molecule has 2 heterocycles. The van der Waals surface area contributed by atoms with Gasteiger partial charge in [0.15, 0.2) is 11.2 Å². The van der Waals surface area contributed by atoms with E-state index in [2.05, 4.69) is 28.6 Å². The van der Waals surface area contributed by atoms with Crippen LogP contribution in [-0.2, 0) is 24.2 Å². The third kappa shape index (κ3) is 4.97. The highest BCUT2D eigenvalue weighted by Gasteiger charge is 2.20. The van der Waals surface area contributed by atoms with Crippen LogP contribution in [-0.4, -0.2) is 31.8 Å². The van der Waals surface area contributed by atoms with Crippen molar-refractivity contribution < 1.29 is 4.74 Å². The molecule has 0 spiro atoms. The highest BCUT2D eigenvalue weighted by Crippen LogP contribution is 2.18. The first-order chi connectivity index (χ1) is 15.7. The molecule has 1 atom stereocenters. The maximum Gasteiger partial charge on any atom is 0.281 e. The number of benzene rings is 2. The quantitative estimate of drug-likeness (QED) is 0.373. The average Bonchev–Trinajstić information content (AvgIpc) is 3.15. The molecule has 0 saturated heterocycles. The van der Waals surface area contributed by atoms with Gasteiger partial charge in [-0.05, 0) is 24.5 Å². The fraction of sp³-hybridized carbons (Fsp3) is 0.346. The van der Waals surface area contributed by atoms with Gasteiger partial charge in [0.2, 0.25) is 0 Å². The first kappa shape index (κ1) is 22.0. The van der Waals surface area contributed by atoms with Crippen molar-refractivity contribution in [3.05, 3.63) is 94.3 Å². The maximum atomic E-state index is 13.3. The largest absolute Gasteiger partial charge is 0.378 e. The van der Waals surface area contributed by atoms with E-state index in [-0.39, 0.29) is 11.7 Å². The fourth-order valence-electron chi connectivity index (χ4n) is 4.06. The van der Waals surface area contributed by atoms with Crippen LogP contribution in [0.25, 0.3) is 11.2 Å². The first-order valence-corrected chi connectivity index (χ1v) is 11.3. The summed E-state index contributed by atoms with van der Waals surface area (Å²) in [5, 5.41) is 0. The first-order valence-electron chi connectivity index (χ1n) is 11.3. The Labute approximate surface area is 188 Å². The molecule has 0 aliphatic rings. The smallest absolute Gasteiger partial charge is 0.281 e. The normalized spacial score (nSPS) is 12.3. The van der Waals surface area contributed by atoms with Crippen molar-refractivity contribution in [2.45, 2.75) is 52.3 Å². The Balaban J connectivity index is 1.76. The molecule has 4 aromatic rings. The molecule has 0 N–H and O–H groups in total. The number of hydrogen-bond acceptors (Lipinski definition) is 4. The zero-order valence-electron chi connectivity index (χ0n) is 18.8. The minimum atomic E-state index is -0.115. The molecule has 1 unspecified atom stereocenters. The number of rotatable bonds is 10. The van der Waals surface area contributed by atoms with E-state index in [1.807, 2.05) is 55.5 Å². The lowest BCUT2D eigenvalue weighted by atomic mass is 10.1. The summed E-state index contributed by atoms with van der Waals surface area (Å²) >= 11 is 0. The molecule has 32 heavy (non-hydrogen) atoms. The van der Waals surface area contributed by atoms with Gasteiger partial charge in [-0.3, -0.25) is 9.36 Å². The molecule has 6 heteroatoms. The van der Waals surface area contributed by atoms with Crippen LogP contribution < -0.4 is 5.56 Å².